The lowest BCUT2D eigenvalue weighted by molar-refractivity contribution is -0.119. The normalized spacial score (nSPS) is 16.6. The molecular weight excluding hydrogens is 621 g/mol. The number of carbonyl (C=O) groups excluding carboxylic acids is 1. The van der Waals surface area contributed by atoms with Gasteiger partial charge in [-0.2, -0.15) is 0 Å². The fourth-order valence-corrected chi connectivity index (χ4v) is 6.51. The van der Waals surface area contributed by atoms with Crippen LogP contribution >= 0.6 is 11.6 Å². The van der Waals surface area contributed by atoms with Crippen LogP contribution in [0.3, 0.4) is 0 Å². The molecular formula is C35H39ClFN7O3. The maximum Gasteiger partial charge on any atom is 0.220 e. The van der Waals surface area contributed by atoms with E-state index in [2.05, 4.69) is 30.8 Å². The largest absolute Gasteiger partial charge is 0.481 e. The molecule has 12 heteroatoms. The highest BCUT2D eigenvalue weighted by atomic mass is 35.5. The van der Waals surface area contributed by atoms with Gasteiger partial charge in [-0.3, -0.25) is 14.7 Å². The molecule has 1 atom stereocenters. The van der Waals surface area contributed by atoms with Gasteiger partial charge in [0.1, 0.15) is 0 Å². The van der Waals surface area contributed by atoms with Crippen molar-refractivity contribution in [2.24, 2.45) is 5.92 Å². The van der Waals surface area contributed by atoms with Crippen molar-refractivity contribution in [3.63, 3.8) is 0 Å². The highest BCUT2D eigenvalue weighted by molar-refractivity contribution is 6.36. The Hall–Kier alpha value is -4.16. The smallest absolute Gasteiger partial charge is 0.220 e. The number of aromatic nitrogens is 3. The van der Waals surface area contributed by atoms with Gasteiger partial charge in [-0.05, 0) is 43.2 Å². The summed E-state index contributed by atoms with van der Waals surface area (Å²) in [6.07, 6.45) is 4.75. The number of benzene rings is 1. The van der Waals surface area contributed by atoms with Gasteiger partial charge < -0.3 is 25.4 Å². The van der Waals surface area contributed by atoms with Crippen LogP contribution in [0.25, 0.3) is 22.5 Å². The van der Waals surface area contributed by atoms with E-state index in [9.17, 15) is 4.79 Å². The number of anilines is 2. The molecule has 0 bridgehead atoms. The highest BCUT2D eigenvalue weighted by Crippen LogP contribution is 2.38. The topological polar surface area (TPSA) is 114 Å². The first-order chi connectivity index (χ1) is 22.8. The van der Waals surface area contributed by atoms with Gasteiger partial charge in [0.25, 0.3) is 0 Å². The van der Waals surface area contributed by atoms with Gasteiger partial charge in [-0.15, -0.1) is 0 Å². The lowest BCUT2D eigenvalue weighted by Gasteiger charge is -2.38. The quantitative estimate of drug-likeness (QED) is 0.171. The number of likely N-dealkylation sites (tertiary alicyclic amines) is 1. The van der Waals surface area contributed by atoms with Gasteiger partial charge in [0.05, 0.1) is 35.8 Å². The number of ether oxygens (including phenoxy) is 2. The number of nitrogens with one attached hydrogen (secondary N) is 3. The predicted octanol–water partition coefficient (Wildman–Crippen LogP) is 5.51. The Balaban J connectivity index is 1.19. The molecule has 5 heterocycles. The van der Waals surface area contributed by atoms with E-state index in [0.717, 1.165) is 41.9 Å². The second-order valence-electron chi connectivity index (χ2n) is 12.1. The van der Waals surface area contributed by atoms with E-state index in [1.165, 1.54) is 0 Å². The molecule has 1 aromatic carbocycles. The Labute approximate surface area is 279 Å². The maximum absolute atomic E-state index is 15.6. The van der Waals surface area contributed by atoms with Crippen molar-refractivity contribution in [2.75, 3.05) is 45.8 Å². The van der Waals surface area contributed by atoms with Crippen molar-refractivity contribution in [3.8, 4) is 28.4 Å². The first kappa shape index (κ1) is 32.8. The molecule has 0 radical (unpaired) electrons. The molecule has 4 aromatic rings. The molecule has 3 aromatic heterocycles. The Morgan fingerprint density at radius 2 is 1.89 bits per heavy atom. The van der Waals surface area contributed by atoms with Crippen LogP contribution in [0.1, 0.15) is 29.5 Å². The molecule has 6 rings (SSSR count). The minimum Gasteiger partial charge on any atom is -0.481 e. The summed E-state index contributed by atoms with van der Waals surface area (Å²) in [6.45, 7) is 6.19. The van der Waals surface area contributed by atoms with Crippen LogP contribution in [0, 0.1) is 18.7 Å². The molecule has 47 heavy (non-hydrogen) atoms. The molecule has 0 aliphatic carbocycles. The summed E-state index contributed by atoms with van der Waals surface area (Å²) in [5, 5.41) is 9.88. The van der Waals surface area contributed by atoms with E-state index in [1.807, 2.05) is 37.3 Å². The maximum atomic E-state index is 15.6. The van der Waals surface area contributed by atoms with Gasteiger partial charge in [0.15, 0.2) is 11.6 Å². The van der Waals surface area contributed by atoms with Gasteiger partial charge in [-0.25, -0.2) is 14.4 Å². The number of hydrogen-bond acceptors (Lipinski definition) is 9. The Morgan fingerprint density at radius 3 is 2.66 bits per heavy atom. The standard InChI is InChI=1S/C35H39ClFN7O3/c1-21-26(28-9-7-23(35(43-28)47-3)15-38-16-25-8-10-30(45)41-25)12-14-39-33(21)27-5-4-6-29(31(27)36)42-34-32(37)24(11-13-40-34)19-44-17-22(18-44)20-46-2/h4-7,9,11-14,22,25,38H,8,10,15-20H2,1-3H3,(H,40,42)(H,41,45). The molecule has 3 N–H and O–H groups in total. The van der Waals surface area contributed by atoms with E-state index >= 15 is 4.39 Å². The zero-order valence-corrected chi connectivity index (χ0v) is 27.5. The summed E-state index contributed by atoms with van der Waals surface area (Å²) in [4.78, 5) is 27.4. The van der Waals surface area contributed by atoms with E-state index in [1.54, 1.807) is 38.7 Å². The molecule has 0 spiro atoms. The van der Waals surface area contributed by atoms with Gasteiger partial charge in [0, 0.05) is 92.9 Å². The van der Waals surface area contributed by atoms with Crippen LogP contribution < -0.4 is 20.7 Å². The fourth-order valence-electron chi connectivity index (χ4n) is 6.25. The lowest BCUT2D eigenvalue weighted by atomic mass is 9.99. The number of pyridine rings is 3. The molecule has 10 nitrogen and oxygen atoms in total. The molecule has 0 saturated carbocycles. The Kier molecular flexibility index (Phi) is 10.3. The van der Waals surface area contributed by atoms with Crippen LogP contribution in [0.15, 0.2) is 54.9 Å². The summed E-state index contributed by atoms with van der Waals surface area (Å²) >= 11 is 6.95. The van der Waals surface area contributed by atoms with Crippen LogP contribution in [0.5, 0.6) is 5.88 Å². The minimum atomic E-state index is -0.399. The predicted molar refractivity (Wildman–Crippen MR) is 180 cm³/mol. The van der Waals surface area contributed by atoms with Crippen molar-refractivity contribution in [3.05, 3.63) is 82.4 Å². The molecule has 2 fully saturated rings. The molecule has 2 aliphatic rings. The number of carbonyl (C=O) groups is 1. The fraction of sp³-hybridized carbons (Fsp3) is 0.371. The first-order valence-electron chi connectivity index (χ1n) is 15.7. The summed E-state index contributed by atoms with van der Waals surface area (Å²) in [6, 6.07) is 13.3. The summed E-state index contributed by atoms with van der Waals surface area (Å²) in [5.41, 5.74) is 5.90. The average molecular weight is 660 g/mol. The van der Waals surface area contributed by atoms with E-state index in [-0.39, 0.29) is 17.8 Å². The molecule has 1 unspecified atom stereocenters. The van der Waals surface area contributed by atoms with Crippen LogP contribution in [0.4, 0.5) is 15.9 Å². The van der Waals surface area contributed by atoms with E-state index in [0.29, 0.717) is 72.0 Å². The molecule has 246 valence electrons. The van der Waals surface area contributed by atoms with Crippen molar-refractivity contribution in [1.82, 2.24) is 30.5 Å². The van der Waals surface area contributed by atoms with Crippen molar-refractivity contribution < 1.29 is 18.7 Å². The monoisotopic (exact) mass is 659 g/mol. The second kappa shape index (κ2) is 14.7. The molecule has 2 saturated heterocycles. The molecule has 1 amide bonds. The highest BCUT2D eigenvalue weighted by Gasteiger charge is 2.27. The molecule has 2 aliphatic heterocycles. The number of nitrogens with zero attached hydrogens (tertiary/aromatic N) is 4. The van der Waals surface area contributed by atoms with Crippen LogP contribution in [0.2, 0.25) is 5.02 Å². The summed E-state index contributed by atoms with van der Waals surface area (Å²) in [5.74, 6) is 0.825. The van der Waals surface area contributed by atoms with Crippen molar-refractivity contribution >= 4 is 29.0 Å². The van der Waals surface area contributed by atoms with Crippen molar-refractivity contribution in [1.29, 1.82) is 0 Å². The van der Waals surface area contributed by atoms with Gasteiger partial charge >= 0.3 is 0 Å². The number of methoxy groups -OCH3 is 2. The first-order valence-corrected chi connectivity index (χ1v) is 16.1. The SMILES string of the molecule is COCC1CN(Cc2ccnc(Nc3cccc(-c4nccc(-c5ccc(CNCC6CCC(=O)N6)c(OC)n5)c4C)c3Cl)c2F)C1. The number of halogens is 2. The second-order valence-corrected chi connectivity index (χ2v) is 12.4. The van der Waals surface area contributed by atoms with Crippen LogP contribution in [-0.4, -0.2) is 72.3 Å². The Morgan fingerprint density at radius 1 is 1.06 bits per heavy atom. The summed E-state index contributed by atoms with van der Waals surface area (Å²) in [7, 11) is 3.30. The third-order valence-electron chi connectivity index (χ3n) is 8.71. The van der Waals surface area contributed by atoms with Crippen molar-refractivity contribution in [2.45, 2.75) is 38.9 Å². The zero-order valence-electron chi connectivity index (χ0n) is 26.8. The number of amides is 1. The van der Waals surface area contributed by atoms with Gasteiger partial charge in [0.2, 0.25) is 11.8 Å². The average Bonchev–Trinajstić information content (AvgIpc) is 3.47. The Bertz CT molecular complexity index is 1750. The number of hydrogen-bond donors (Lipinski definition) is 3. The minimum absolute atomic E-state index is 0.0996. The van der Waals surface area contributed by atoms with Crippen LogP contribution in [-0.2, 0) is 22.6 Å². The number of rotatable bonds is 13. The van der Waals surface area contributed by atoms with E-state index < -0.39 is 5.82 Å². The van der Waals surface area contributed by atoms with Gasteiger partial charge in [-0.1, -0.05) is 29.8 Å². The third kappa shape index (κ3) is 7.38. The lowest BCUT2D eigenvalue weighted by Crippen LogP contribution is -2.47. The third-order valence-corrected chi connectivity index (χ3v) is 9.12. The zero-order chi connectivity index (χ0) is 32.9. The summed E-state index contributed by atoms with van der Waals surface area (Å²) < 4.78 is 26.4. The van der Waals surface area contributed by atoms with E-state index in [4.69, 9.17) is 26.1 Å².